The van der Waals surface area contributed by atoms with E-state index in [1.54, 1.807) is 18.2 Å². The van der Waals surface area contributed by atoms with Crippen LogP contribution in [-0.4, -0.2) is 43.8 Å². The van der Waals surface area contributed by atoms with Gasteiger partial charge in [0.1, 0.15) is 15.8 Å². The Morgan fingerprint density at radius 1 is 1.18 bits per heavy atom. The summed E-state index contributed by atoms with van der Waals surface area (Å²) in [5.74, 6) is -2.12. The molecule has 0 bridgehead atoms. The van der Waals surface area contributed by atoms with Crippen LogP contribution in [-0.2, 0) is 4.79 Å². The molecule has 0 saturated carbocycles. The number of aromatic carboxylic acids is 2. The van der Waals surface area contributed by atoms with Crippen LogP contribution in [0.25, 0.3) is 17.4 Å². The summed E-state index contributed by atoms with van der Waals surface area (Å²) in [6, 6.07) is 6.89. The van der Waals surface area contributed by atoms with Crippen molar-refractivity contribution in [2.75, 3.05) is 6.54 Å². The van der Waals surface area contributed by atoms with E-state index in [1.165, 1.54) is 23.1 Å². The van der Waals surface area contributed by atoms with Crippen molar-refractivity contribution >= 4 is 52.2 Å². The SMILES string of the molecule is C=CCN1C(=O)/C(=C/c2ccc(-c3cc(C(=O)O)cc(C(=O)O)c3)o2)SC1=S. The quantitative estimate of drug-likeness (QED) is 0.417. The molecule has 0 spiro atoms. The van der Waals surface area contributed by atoms with E-state index in [1.807, 2.05) is 0 Å². The maximum absolute atomic E-state index is 12.4. The predicted molar refractivity (Wildman–Crippen MR) is 108 cm³/mol. The lowest BCUT2D eigenvalue weighted by molar-refractivity contribution is -0.121. The minimum Gasteiger partial charge on any atom is -0.478 e. The number of carbonyl (C=O) groups is 3. The lowest BCUT2D eigenvalue weighted by atomic mass is 10.0. The number of rotatable bonds is 6. The molecule has 1 aliphatic rings. The van der Waals surface area contributed by atoms with Gasteiger partial charge in [0.2, 0.25) is 0 Å². The number of thiocarbonyl (C=S) groups is 1. The van der Waals surface area contributed by atoms with Gasteiger partial charge in [-0.05, 0) is 30.3 Å². The van der Waals surface area contributed by atoms with Crippen LogP contribution in [0.2, 0.25) is 0 Å². The second-order valence-corrected chi connectivity index (χ2v) is 7.37. The Morgan fingerprint density at radius 2 is 1.82 bits per heavy atom. The van der Waals surface area contributed by atoms with Gasteiger partial charge < -0.3 is 14.6 Å². The number of furan rings is 1. The van der Waals surface area contributed by atoms with Crippen LogP contribution >= 0.6 is 24.0 Å². The molecule has 2 aromatic rings. The number of benzene rings is 1. The molecule has 1 aliphatic heterocycles. The minimum absolute atomic E-state index is 0.168. The summed E-state index contributed by atoms with van der Waals surface area (Å²) in [4.78, 5) is 36.7. The molecule has 142 valence electrons. The first-order valence-electron chi connectivity index (χ1n) is 7.88. The number of amides is 1. The second kappa shape index (κ2) is 7.83. The standard InChI is InChI=1S/C19H13NO6S2/c1-2-5-20-16(21)15(28-19(20)27)9-13-3-4-14(26-13)10-6-11(17(22)23)8-12(7-10)18(24)25/h2-4,6-9H,1,5H2,(H,22,23)(H,24,25)/b15-9-. The molecular formula is C19H13NO6S2. The molecule has 0 unspecified atom stereocenters. The van der Waals surface area contributed by atoms with Gasteiger partial charge in [0.05, 0.1) is 16.0 Å². The van der Waals surface area contributed by atoms with E-state index < -0.39 is 11.9 Å². The van der Waals surface area contributed by atoms with Gasteiger partial charge >= 0.3 is 11.9 Å². The van der Waals surface area contributed by atoms with Crippen LogP contribution in [0.3, 0.4) is 0 Å². The highest BCUT2D eigenvalue weighted by Gasteiger charge is 2.31. The fourth-order valence-corrected chi connectivity index (χ4v) is 3.77. The van der Waals surface area contributed by atoms with Crippen molar-refractivity contribution in [3.63, 3.8) is 0 Å². The highest BCUT2D eigenvalue weighted by Crippen LogP contribution is 2.33. The first-order chi connectivity index (χ1) is 13.3. The Morgan fingerprint density at radius 3 is 2.39 bits per heavy atom. The molecule has 9 heteroatoms. The first-order valence-corrected chi connectivity index (χ1v) is 9.10. The summed E-state index contributed by atoms with van der Waals surface area (Å²) in [6.07, 6.45) is 3.11. The maximum atomic E-state index is 12.4. The molecule has 3 rings (SSSR count). The molecule has 7 nitrogen and oxygen atoms in total. The monoisotopic (exact) mass is 415 g/mol. The van der Waals surface area contributed by atoms with Crippen molar-refractivity contribution in [1.82, 2.24) is 4.90 Å². The second-order valence-electron chi connectivity index (χ2n) is 5.69. The molecule has 0 aliphatic carbocycles. The summed E-state index contributed by atoms with van der Waals surface area (Å²) < 4.78 is 6.09. The number of thioether (sulfide) groups is 1. The van der Waals surface area contributed by atoms with Crippen molar-refractivity contribution in [2.24, 2.45) is 0 Å². The molecule has 0 radical (unpaired) electrons. The van der Waals surface area contributed by atoms with Crippen molar-refractivity contribution in [2.45, 2.75) is 0 Å². The largest absolute Gasteiger partial charge is 0.478 e. The summed E-state index contributed by atoms with van der Waals surface area (Å²) in [6.45, 7) is 3.90. The zero-order chi connectivity index (χ0) is 20.4. The fourth-order valence-electron chi connectivity index (χ4n) is 2.52. The highest BCUT2D eigenvalue weighted by molar-refractivity contribution is 8.26. The zero-order valence-corrected chi connectivity index (χ0v) is 15.9. The van der Waals surface area contributed by atoms with Crippen molar-refractivity contribution < 1.29 is 29.0 Å². The molecule has 28 heavy (non-hydrogen) atoms. The first kappa shape index (κ1) is 19.6. The Bertz CT molecular complexity index is 1020. The van der Waals surface area contributed by atoms with Gasteiger partial charge in [0, 0.05) is 18.2 Å². The number of carboxylic acids is 2. The Kier molecular flexibility index (Phi) is 5.48. The average molecular weight is 415 g/mol. The van der Waals surface area contributed by atoms with Crippen LogP contribution in [0, 0.1) is 0 Å². The number of carbonyl (C=O) groups excluding carboxylic acids is 1. The van der Waals surface area contributed by atoms with Crippen LogP contribution in [0.5, 0.6) is 0 Å². The molecule has 1 saturated heterocycles. The molecule has 1 aromatic heterocycles. The normalized spacial score (nSPS) is 15.3. The van der Waals surface area contributed by atoms with E-state index in [0.29, 0.717) is 27.1 Å². The summed E-state index contributed by atoms with van der Waals surface area (Å²) >= 11 is 6.31. The van der Waals surface area contributed by atoms with Gasteiger partial charge in [-0.15, -0.1) is 6.58 Å². The molecule has 2 heterocycles. The Labute approximate surface area is 168 Å². The topological polar surface area (TPSA) is 108 Å². The van der Waals surface area contributed by atoms with Crippen LogP contribution in [0.4, 0.5) is 0 Å². The van der Waals surface area contributed by atoms with Gasteiger partial charge in [0.15, 0.2) is 0 Å². The molecule has 0 atom stereocenters. The highest BCUT2D eigenvalue weighted by atomic mass is 32.2. The van der Waals surface area contributed by atoms with Gasteiger partial charge in [-0.2, -0.15) is 0 Å². The number of nitrogens with zero attached hydrogens (tertiary/aromatic N) is 1. The van der Waals surface area contributed by atoms with E-state index in [0.717, 1.165) is 17.8 Å². The van der Waals surface area contributed by atoms with E-state index >= 15 is 0 Å². The van der Waals surface area contributed by atoms with E-state index in [9.17, 15) is 24.6 Å². The third-order valence-corrected chi connectivity index (χ3v) is 5.17. The smallest absolute Gasteiger partial charge is 0.335 e. The zero-order valence-electron chi connectivity index (χ0n) is 14.2. The number of carboxylic acid groups (broad SMARTS) is 2. The third kappa shape index (κ3) is 3.90. The van der Waals surface area contributed by atoms with Crippen LogP contribution in [0.1, 0.15) is 26.5 Å². The van der Waals surface area contributed by atoms with E-state index in [2.05, 4.69) is 6.58 Å². The van der Waals surface area contributed by atoms with Crippen molar-refractivity contribution in [1.29, 1.82) is 0 Å². The molecular weight excluding hydrogens is 402 g/mol. The van der Waals surface area contributed by atoms with Crippen LogP contribution in [0.15, 0.2) is 52.3 Å². The summed E-state index contributed by atoms with van der Waals surface area (Å²) in [5, 5.41) is 18.4. The fraction of sp³-hybridized carbons (Fsp3) is 0.0526. The van der Waals surface area contributed by atoms with E-state index in [4.69, 9.17) is 16.6 Å². The number of hydrogen-bond donors (Lipinski definition) is 2. The summed E-state index contributed by atoms with van der Waals surface area (Å²) in [5.41, 5.74) is -0.0348. The maximum Gasteiger partial charge on any atom is 0.335 e. The molecule has 1 aromatic carbocycles. The van der Waals surface area contributed by atoms with E-state index in [-0.39, 0.29) is 22.8 Å². The van der Waals surface area contributed by atoms with Crippen molar-refractivity contribution in [3.8, 4) is 11.3 Å². The summed E-state index contributed by atoms with van der Waals surface area (Å²) in [7, 11) is 0. The van der Waals surface area contributed by atoms with Gasteiger partial charge in [-0.25, -0.2) is 9.59 Å². The van der Waals surface area contributed by atoms with Crippen LogP contribution < -0.4 is 0 Å². The Hall–Kier alpha value is -3.17. The molecule has 2 N–H and O–H groups in total. The van der Waals surface area contributed by atoms with Gasteiger partial charge in [-0.3, -0.25) is 9.69 Å². The third-order valence-electron chi connectivity index (χ3n) is 3.80. The van der Waals surface area contributed by atoms with Gasteiger partial charge in [0.25, 0.3) is 5.91 Å². The molecule has 1 amide bonds. The average Bonchev–Trinajstić information content (AvgIpc) is 3.22. The lowest BCUT2D eigenvalue weighted by Crippen LogP contribution is -2.27. The lowest BCUT2D eigenvalue weighted by Gasteiger charge is -2.10. The molecule has 1 fully saturated rings. The predicted octanol–water partition coefficient (Wildman–Crippen LogP) is 3.73. The Balaban J connectivity index is 1.94. The van der Waals surface area contributed by atoms with Gasteiger partial charge in [-0.1, -0.05) is 30.1 Å². The minimum atomic E-state index is -1.25. The van der Waals surface area contributed by atoms with Crippen molar-refractivity contribution in [3.05, 3.63) is 64.8 Å². The number of hydrogen-bond acceptors (Lipinski definition) is 6.